The molecule has 1 rings (SSSR count). The second kappa shape index (κ2) is 6.02. The molecule has 2 nitrogen and oxygen atoms in total. The highest BCUT2D eigenvalue weighted by molar-refractivity contribution is 6.29. The Morgan fingerprint density at radius 3 is 2.86 bits per heavy atom. The summed E-state index contributed by atoms with van der Waals surface area (Å²) < 4.78 is 5.29. The van der Waals surface area contributed by atoms with Gasteiger partial charge in [0.2, 0.25) is 0 Å². The number of pyridine rings is 1. The molecule has 0 N–H and O–H groups in total. The lowest BCUT2D eigenvalue weighted by Gasteiger charge is -2.12. The van der Waals surface area contributed by atoms with E-state index in [9.17, 15) is 0 Å². The minimum Gasteiger partial charge on any atom is -0.376 e. The van der Waals surface area contributed by atoms with Crippen molar-refractivity contribution >= 4 is 23.2 Å². The van der Waals surface area contributed by atoms with Gasteiger partial charge in [-0.15, -0.1) is 0 Å². The van der Waals surface area contributed by atoms with Gasteiger partial charge in [0, 0.05) is 18.8 Å². The van der Waals surface area contributed by atoms with Crippen LogP contribution in [0.2, 0.25) is 5.15 Å². The molecule has 0 aliphatic heterocycles. The molecule has 1 heterocycles. The SMILES string of the molecule is COC(C/C=C/Cl)c1ccc(Cl)nc1. The molecule has 1 atom stereocenters. The zero-order valence-electron chi connectivity index (χ0n) is 7.78. The average Bonchev–Trinajstić information content (AvgIpc) is 2.21. The van der Waals surface area contributed by atoms with Gasteiger partial charge >= 0.3 is 0 Å². The van der Waals surface area contributed by atoms with Gasteiger partial charge in [0.15, 0.2) is 0 Å². The number of rotatable bonds is 4. The van der Waals surface area contributed by atoms with Crippen molar-refractivity contribution in [3.63, 3.8) is 0 Å². The second-order valence-electron chi connectivity index (χ2n) is 2.74. The van der Waals surface area contributed by atoms with Gasteiger partial charge in [-0.1, -0.05) is 35.3 Å². The summed E-state index contributed by atoms with van der Waals surface area (Å²) in [7, 11) is 1.65. The summed E-state index contributed by atoms with van der Waals surface area (Å²) in [4.78, 5) is 3.98. The van der Waals surface area contributed by atoms with E-state index in [2.05, 4.69) is 4.98 Å². The van der Waals surface area contributed by atoms with E-state index >= 15 is 0 Å². The summed E-state index contributed by atoms with van der Waals surface area (Å²) in [6.45, 7) is 0. The van der Waals surface area contributed by atoms with Gasteiger partial charge in [-0.25, -0.2) is 4.98 Å². The fourth-order valence-corrected chi connectivity index (χ4v) is 1.34. The van der Waals surface area contributed by atoms with Gasteiger partial charge in [0.05, 0.1) is 6.10 Å². The number of hydrogen-bond donors (Lipinski definition) is 0. The predicted molar refractivity (Wildman–Crippen MR) is 58.6 cm³/mol. The van der Waals surface area contributed by atoms with Crippen molar-refractivity contribution in [1.82, 2.24) is 4.98 Å². The first-order valence-electron chi connectivity index (χ1n) is 4.17. The van der Waals surface area contributed by atoms with Crippen molar-refractivity contribution in [2.75, 3.05) is 7.11 Å². The maximum Gasteiger partial charge on any atom is 0.129 e. The molecular weight excluding hydrogens is 221 g/mol. The van der Waals surface area contributed by atoms with Gasteiger partial charge in [0.25, 0.3) is 0 Å². The van der Waals surface area contributed by atoms with Crippen LogP contribution in [0.25, 0.3) is 0 Å². The average molecular weight is 232 g/mol. The molecule has 0 saturated carbocycles. The van der Waals surface area contributed by atoms with Crippen LogP contribution in [-0.4, -0.2) is 12.1 Å². The molecule has 0 aromatic carbocycles. The number of hydrogen-bond acceptors (Lipinski definition) is 2. The van der Waals surface area contributed by atoms with Gasteiger partial charge in [0.1, 0.15) is 5.15 Å². The standard InChI is InChI=1S/C10H11Cl2NO/c1-14-9(3-2-6-11)8-4-5-10(12)13-7-8/h2,4-7,9H,3H2,1H3/b6-2+. The normalized spacial score (nSPS) is 13.4. The zero-order valence-corrected chi connectivity index (χ0v) is 9.29. The molecule has 0 amide bonds. The zero-order chi connectivity index (χ0) is 10.4. The monoisotopic (exact) mass is 231 g/mol. The Morgan fingerprint density at radius 1 is 1.57 bits per heavy atom. The molecule has 76 valence electrons. The van der Waals surface area contributed by atoms with E-state index in [0.717, 1.165) is 12.0 Å². The summed E-state index contributed by atoms with van der Waals surface area (Å²) in [6.07, 6.45) is 4.25. The van der Waals surface area contributed by atoms with Gasteiger partial charge in [-0.2, -0.15) is 0 Å². The lowest BCUT2D eigenvalue weighted by Crippen LogP contribution is -2.00. The van der Waals surface area contributed by atoms with Crippen LogP contribution in [-0.2, 0) is 4.74 Å². The van der Waals surface area contributed by atoms with Crippen LogP contribution < -0.4 is 0 Å². The third kappa shape index (κ3) is 3.29. The first-order chi connectivity index (χ1) is 6.77. The summed E-state index contributed by atoms with van der Waals surface area (Å²) in [6, 6.07) is 3.64. The molecule has 1 aromatic heterocycles. The topological polar surface area (TPSA) is 22.1 Å². The van der Waals surface area contributed by atoms with Crippen LogP contribution in [0.15, 0.2) is 29.9 Å². The molecule has 1 unspecified atom stereocenters. The van der Waals surface area contributed by atoms with Gasteiger partial charge in [-0.05, 0) is 18.1 Å². The number of halogens is 2. The molecule has 1 aromatic rings. The van der Waals surface area contributed by atoms with Crippen molar-refractivity contribution in [3.8, 4) is 0 Å². The van der Waals surface area contributed by atoms with E-state index < -0.39 is 0 Å². The second-order valence-corrected chi connectivity index (χ2v) is 3.38. The summed E-state index contributed by atoms with van der Waals surface area (Å²) in [5, 5.41) is 0.483. The number of nitrogens with zero attached hydrogens (tertiary/aromatic N) is 1. The molecular formula is C10H11Cl2NO. The number of aromatic nitrogens is 1. The molecule has 0 fully saturated rings. The van der Waals surface area contributed by atoms with E-state index in [-0.39, 0.29) is 6.10 Å². The van der Waals surface area contributed by atoms with E-state index in [1.807, 2.05) is 12.1 Å². The van der Waals surface area contributed by atoms with E-state index in [1.54, 1.807) is 19.4 Å². The molecule has 0 aliphatic rings. The third-order valence-electron chi connectivity index (χ3n) is 1.85. The highest BCUT2D eigenvalue weighted by Crippen LogP contribution is 2.21. The van der Waals surface area contributed by atoms with Gasteiger partial charge < -0.3 is 4.74 Å². The fraction of sp³-hybridized carbons (Fsp3) is 0.300. The van der Waals surface area contributed by atoms with Crippen LogP contribution in [0, 0.1) is 0 Å². The maximum atomic E-state index is 5.68. The van der Waals surface area contributed by atoms with E-state index in [1.165, 1.54) is 5.54 Å². The Labute approximate surface area is 93.5 Å². The molecule has 4 heteroatoms. The molecule has 0 radical (unpaired) electrons. The molecule has 0 aliphatic carbocycles. The van der Waals surface area contributed by atoms with Crippen LogP contribution >= 0.6 is 23.2 Å². The van der Waals surface area contributed by atoms with E-state index in [4.69, 9.17) is 27.9 Å². The molecule has 14 heavy (non-hydrogen) atoms. The van der Waals surface area contributed by atoms with Crippen molar-refractivity contribution in [1.29, 1.82) is 0 Å². The lowest BCUT2D eigenvalue weighted by molar-refractivity contribution is 0.106. The van der Waals surface area contributed by atoms with Crippen molar-refractivity contribution < 1.29 is 4.74 Å². The minimum atomic E-state index is -0.0187. The highest BCUT2D eigenvalue weighted by Gasteiger charge is 2.08. The lowest BCUT2D eigenvalue weighted by atomic mass is 10.1. The quantitative estimate of drug-likeness (QED) is 0.740. The van der Waals surface area contributed by atoms with Gasteiger partial charge in [-0.3, -0.25) is 0 Å². The fourth-order valence-electron chi connectivity index (χ4n) is 1.12. The minimum absolute atomic E-state index is 0.0187. The number of methoxy groups -OCH3 is 1. The van der Waals surface area contributed by atoms with Crippen molar-refractivity contribution in [2.24, 2.45) is 0 Å². The van der Waals surface area contributed by atoms with Crippen LogP contribution in [0.3, 0.4) is 0 Å². The Bertz CT molecular complexity index is 297. The largest absolute Gasteiger partial charge is 0.376 e. The molecule has 0 saturated heterocycles. The van der Waals surface area contributed by atoms with Crippen molar-refractivity contribution in [2.45, 2.75) is 12.5 Å². The van der Waals surface area contributed by atoms with E-state index in [0.29, 0.717) is 5.15 Å². The summed E-state index contributed by atoms with van der Waals surface area (Å²) >= 11 is 11.1. The first-order valence-corrected chi connectivity index (χ1v) is 4.99. The maximum absolute atomic E-state index is 5.68. The summed E-state index contributed by atoms with van der Waals surface area (Å²) in [5.41, 5.74) is 2.47. The summed E-state index contributed by atoms with van der Waals surface area (Å²) in [5.74, 6) is 0. The first kappa shape index (κ1) is 11.5. The van der Waals surface area contributed by atoms with Crippen LogP contribution in [0.1, 0.15) is 18.1 Å². The smallest absolute Gasteiger partial charge is 0.129 e. The Balaban J connectivity index is 2.73. The highest BCUT2D eigenvalue weighted by atomic mass is 35.5. The van der Waals surface area contributed by atoms with Crippen LogP contribution in [0.4, 0.5) is 0 Å². The van der Waals surface area contributed by atoms with Crippen molar-refractivity contribution in [3.05, 3.63) is 40.7 Å². The molecule has 0 spiro atoms. The predicted octanol–water partition coefficient (Wildman–Crippen LogP) is 3.57. The Hall–Kier alpha value is -0.570. The molecule has 0 bridgehead atoms. The van der Waals surface area contributed by atoms with Crippen LogP contribution in [0.5, 0.6) is 0 Å². The third-order valence-corrected chi connectivity index (χ3v) is 2.25. The number of ether oxygens (including phenoxy) is 1. The Kier molecular flexibility index (Phi) is 4.94. The Morgan fingerprint density at radius 2 is 2.36 bits per heavy atom.